The van der Waals surface area contributed by atoms with Gasteiger partial charge in [0.25, 0.3) is 5.91 Å². The molecular formula is C15H19FN2O3. The number of halogens is 1. The van der Waals surface area contributed by atoms with Gasteiger partial charge in [-0.05, 0) is 31.0 Å². The highest BCUT2D eigenvalue weighted by Gasteiger charge is 2.50. The van der Waals surface area contributed by atoms with Gasteiger partial charge in [-0.2, -0.15) is 0 Å². The molecule has 1 aliphatic heterocycles. The standard InChI is InChI=1S/C15H19FN2O3/c1-3-15(11-5-7-12(16)8-6-11)13(19)18(14(20)17-15)9-10-21-4-2/h5-8H,3-4,9-10H2,1-2H3,(H,17,20)/t15-/m1/s1. The average Bonchev–Trinajstić information content (AvgIpc) is 2.73. The number of amides is 3. The van der Waals surface area contributed by atoms with Crippen LogP contribution in [0.1, 0.15) is 25.8 Å². The molecule has 5 nitrogen and oxygen atoms in total. The van der Waals surface area contributed by atoms with Crippen LogP contribution in [0.5, 0.6) is 0 Å². The van der Waals surface area contributed by atoms with Crippen LogP contribution in [0.4, 0.5) is 9.18 Å². The summed E-state index contributed by atoms with van der Waals surface area (Å²) >= 11 is 0. The minimum Gasteiger partial charge on any atom is -0.380 e. The van der Waals surface area contributed by atoms with E-state index in [9.17, 15) is 14.0 Å². The Bertz CT molecular complexity index is 532. The number of benzene rings is 1. The lowest BCUT2D eigenvalue weighted by Gasteiger charge is -2.25. The number of carbonyl (C=O) groups excluding carboxylic acids is 2. The number of imide groups is 1. The summed E-state index contributed by atoms with van der Waals surface area (Å²) in [5.41, 5.74) is -0.527. The summed E-state index contributed by atoms with van der Waals surface area (Å²) in [4.78, 5) is 25.9. The first kappa shape index (κ1) is 15.4. The van der Waals surface area contributed by atoms with E-state index in [4.69, 9.17) is 4.74 Å². The highest BCUT2D eigenvalue weighted by molar-refractivity contribution is 6.07. The Labute approximate surface area is 123 Å². The second-order valence-corrected chi connectivity index (χ2v) is 4.85. The van der Waals surface area contributed by atoms with Crippen molar-refractivity contribution in [1.29, 1.82) is 0 Å². The zero-order valence-electron chi connectivity index (χ0n) is 12.2. The second kappa shape index (κ2) is 6.22. The Morgan fingerprint density at radius 3 is 2.48 bits per heavy atom. The Hall–Kier alpha value is -1.95. The molecule has 6 heteroatoms. The van der Waals surface area contributed by atoms with E-state index in [1.807, 2.05) is 13.8 Å². The number of hydrogen-bond donors (Lipinski definition) is 1. The molecule has 1 fully saturated rings. The average molecular weight is 294 g/mol. The van der Waals surface area contributed by atoms with Crippen LogP contribution in [0.15, 0.2) is 24.3 Å². The first-order chi connectivity index (χ1) is 10.0. The van der Waals surface area contributed by atoms with Crippen molar-refractivity contribution >= 4 is 11.9 Å². The molecule has 1 N–H and O–H groups in total. The van der Waals surface area contributed by atoms with Gasteiger partial charge in [0, 0.05) is 6.61 Å². The quantitative estimate of drug-likeness (QED) is 0.645. The number of hydrogen-bond acceptors (Lipinski definition) is 3. The SMILES string of the molecule is CCOCCN1C(=O)N[C@](CC)(c2ccc(F)cc2)C1=O. The molecule has 1 heterocycles. The zero-order valence-corrected chi connectivity index (χ0v) is 12.2. The number of carbonyl (C=O) groups is 2. The number of urea groups is 1. The Morgan fingerprint density at radius 2 is 1.90 bits per heavy atom. The third kappa shape index (κ3) is 2.76. The van der Waals surface area contributed by atoms with Crippen molar-refractivity contribution in [1.82, 2.24) is 10.2 Å². The summed E-state index contributed by atoms with van der Waals surface area (Å²) in [7, 11) is 0. The Kier molecular flexibility index (Phi) is 4.57. The molecule has 2 rings (SSSR count). The summed E-state index contributed by atoms with van der Waals surface area (Å²) in [6, 6.07) is 5.20. The third-order valence-electron chi connectivity index (χ3n) is 3.71. The van der Waals surface area contributed by atoms with Crippen LogP contribution < -0.4 is 5.32 Å². The van der Waals surface area contributed by atoms with Crippen LogP contribution >= 0.6 is 0 Å². The van der Waals surface area contributed by atoms with Gasteiger partial charge in [0.1, 0.15) is 11.4 Å². The molecule has 1 atom stereocenters. The number of nitrogens with zero attached hydrogens (tertiary/aromatic N) is 1. The van der Waals surface area contributed by atoms with Gasteiger partial charge >= 0.3 is 6.03 Å². The number of rotatable bonds is 6. The van der Waals surface area contributed by atoms with E-state index in [1.165, 1.54) is 24.3 Å². The van der Waals surface area contributed by atoms with Gasteiger partial charge in [-0.15, -0.1) is 0 Å². The Morgan fingerprint density at radius 1 is 1.24 bits per heavy atom. The van der Waals surface area contributed by atoms with E-state index >= 15 is 0 Å². The maximum Gasteiger partial charge on any atom is 0.325 e. The lowest BCUT2D eigenvalue weighted by atomic mass is 9.87. The van der Waals surface area contributed by atoms with Gasteiger partial charge < -0.3 is 10.1 Å². The summed E-state index contributed by atoms with van der Waals surface area (Å²) < 4.78 is 18.3. The van der Waals surface area contributed by atoms with E-state index in [-0.39, 0.29) is 18.3 Å². The van der Waals surface area contributed by atoms with E-state index in [2.05, 4.69) is 5.32 Å². The molecule has 3 amide bonds. The summed E-state index contributed by atoms with van der Waals surface area (Å²) in [5, 5.41) is 2.74. The van der Waals surface area contributed by atoms with Crippen molar-refractivity contribution in [3.05, 3.63) is 35.6 Å². The third-order valence-corrected chi connectivity index (χ3v) is 3.71. The van der Waals surface area contributed by atoms with Crippen LogP contribution in [0.3, 0.4) is 0 Å². The summed E-state index contributed by atoms with van der Waals surface area (Å²) in [5.74, 6) is -0.698. The highest BCUT2D eigenvalue weighted by Crippen LogP contribution is 2.32. The normalized spacial score (nSPS) is 21.8. The summed E-state index contributed by atoms with van der Waals surface area (Å²) in [6.45, 7) is 4.70. The molecule has 0 saturated carbocycles. The van der Waals surface area contributed by atoms with Crippen LogP contribution in [0, 0.1) is 5.82 Å². The highest BCUT2D eigenvalue weighted by atomic mass is 19.1. The van der Waals surface area contributed by atoms with Crippen molar-refractivity contribution in [2.45, 2.75) is 25.8 Å². The fourth-order valence-corrected chi connectivity index (χ4v) is 2.50. The van der Waals surface area contributed by atoms with Gasteiger partial charge in [-0.1, -0.05) is 19.1 Å². The van der Waals surface area contributed by atoms with Crippen molar-refractivity contribution in [2.24, 2.45) is 0 Å². The lowest BCUT2D eigenvalue weighted by molar-refractivity contribution is -0.132. The topological polar surface area (TPSA) is 58.6 Å². The van der Waals surface area contributed by atoms with Gasteiger partial charge in [-0.3, -0.25) is 9.69 Å². The molecule has 0 radical (unpaired) electrons. The predicted octanol–water partition coefficient (Wildman–Crippen LogP) is 2.02. The molecule has 0 unspecified atom stereocenters. The molecule has 114 valence electrons. The molecule has 21 heavy (non-hydrogen) atoms. The second-order valence-electron chi connectivity index (χ2n) is 4.85. The van der Waals surface area contributed by atoms with Crippen molar-refractivity contribution in [3.63, 3.8) is 0 Å². The van der Waals surface area contributed by atoms with Crippen LogP contribution in [-0.2, 0) is 15.1 Å². The van der Waals surface area contributed by atoms with E-state index in [0.29, 0.717) is 25.2 Å². The number of ether oxygens (including phenoxy) is 1. The first-order valence-electron chi connectivity index (χ1n) is 7.03. The van der Waals surface area contributed by atoms with Gasteiger partial charge in [0.15, 0.2) is 0 Å². The van der Waals surface area contributed by atoms with Crippen molar-refractivity contribution in [2.75, 3.05) is 19.8 Å². The Balaban J connectivity index is 2.26. The molecule has 1 aromatic rings. The van der Waals surface area contributed by atoms with E-state index in [1.54, 1.807) is 0 Å². The molecule has 0 bridgehead atoms. The fourth-order valence-electron chi connectivity index (χ4n) is 2.50. The minimum atomic E-state index is -1.11. The van der Waals surface area contributed by atoms with Gasteiger partial charge in [0.2, 0.25) is 0 Å². The maximum atomic E-state index is 13.1. The van der Waals surface area contributed by atoms with Crippen LogP contribution in [-0.4, -0.2) is 36.6 Å². The predicted molar refractivity (Wildman–Crippen MR) is 75.1 cm³/mol. The van der Waals surface area contributed by atoms with Crippen molar-refractivity contribution in [3.8, 4) is 0 Å². The first-order valence-corrected chi connectivity index (χ1v) is 7.03. The van der Waals surface area contributed by atoms with Gasteiger partial charge in [0.05, 0.1) is 13.2 Å². The largest absolute Gasteiger partial charge is 0.380 e. The number of nitrogens with one attached hydrogen (secondary N) is 1. The van der Waals surface area contributed by atoms with Gasteiger partial charge in [-0.25, -0.2) is 9.18 Å². The minimum absolute atomic E-state index is 0.210. The molecule has 0 aliphatic carbocycles. The molecular weight excluding hydrogens is 275 g/mol. The molecule has 1 aromatic carbocycles. The molecule has 0 aromatic heterocycles. The maximum absolute atomic E-state index is 13.1. The monoisotopic (exact) mass is 294 g/mol. The van der Waals surface area contributed by atoms with E-state index < -0.39 is 11.6 Å². The molecule has 0 spiro atoms. The van der Waals surface area contributed by atoms with Crippen LogP contribution in [0.2, 0.25) is 0 Å². The zero-order chi connectivity index (χ0) is 15.5. The lowest BCUT2D eigenvalue weighted by Crippen LogP contribution is -2.43. The molecule has 1 aliphatic rings. The van der Waals surface area contributed by atoms with Crippen LogP contribution in [0.25, 0.3) is 0 Å². The van der Waals surface area contributed by atoms with Crippen molar-refractivity contribution < 1.29 is 18.7 Å². The van der Waals surface area contributed by atoms with E-state index in [0.717, 1.165) is 4.90 Å². The summed E-state index contributed by atoms with van der Waals surface area (Å²) in [6.07, 6.45) is 0.397. The fraction of sp³-hybridized carbons (Fsp3) is 0.467. The molecule has 1 saturated heterocycles. The smallest absolute Gasteiger partial charge is 0.325 e.